The maximum absolute atomic E-state index is 12.7. The molecule has 1 aliphatic rings. The molecule has 1 fully saturated rings. The molecule has 0 aliphatic carbocycles. The normalized spacial score (nSPS) is 14.4. The minimum Gasteiger partial charge on any atom is -0.450 e. The highest BCUT2D eigenvalue weighted by Crippen LogP contribution is 2.29. The third-order valence-corrected chi connectivity index (χ3v) is 5.71. The van der Waals surface area contributed by atoms with Gasteiger partial charge in [-0.25, -0.2) is 13.2 Å². The molecular weight excluding hydrogens is 404 g/mol. The van der Waals surface area contributed by atoms with E-state index in [0.717, 1.165) is 10.6 Å². The fourth-order valence-corrected chi connectivity index (χ4v) is 3.94. The summed E-state index contributed by atoms with van der Waals surface area (Å²) in [5, 5.41) is 11.2. The van der Waals surface area contributed by atoms with Gasteiger partial charge in [-0.2, -0.15) is 0 Å². The highest BCUT2D eigenvalue weighted by molar-refractivity contribution is 7.92. The minimum atomic E-state index is -3.87. The number of anilines is 1. The summed E-state index contributed by atoms with van der Waals surface area (Å²) < 4.78 is 30.4. The van der Waals surface area contributed by atoms with Crippen LogP contribution in [0, 0.1) is 17.0 Å². The van der Waals surface area contributed by atoms with E-state index in [-0.39, 0.29) is 49.7 Å². The number of nitrogens with zero attached hydrogens (tertiary/aromatic N) is 4. The first kappa shape index (κ1) is 22.4. The van der Waals surface area contributed by atoms with E-state index in [4.69, 9.17) is 4.74 Å². The molecule has 0 bridgehead atoms. The van der Waals surface area contributed by atoms with Crippen molar-refractivity contribution in [2.75, 3.05) is 49.9 Å². The fourth-order valence-electron chi connectivity index (χ4n) is 3.04. The first-order chi connectivity index (χ1) is 13.6. The van der Waals surface area contributed by atoms with E-state index >= 15 is 0 Å². The summed E-state index contributed by atoms with van der Waals surface area (Å²) in [6.45, 7) is 3.94. The molecule has 1 aromatic rings. The van der Waals surface area contributed by atoms with E-state index < -0.39 is 33.5 Å². The molecule has 2 amide bonds. The molecule has 11 nitrogen and oxygen atoms in total. The Labute approximate surface area is 169 Å². The Kier molecular flexibility index (Phi) is 7.01. The third-order valence-electron chi connectivity index (χ3n) is 4.58. The lowest BCUT2D eigenvalue weighted by Crippen LogP contribution is -2.53. The van der Waals surface area contributed by atoms with Crippen LogP contribution in [0.5, 0.6) is 0 Å². The standard InChI is InChI=1S/C17H24N4O7S/c1-4-28-17(23)19-10-8-18(9-11-19)16(22)12-20(29(3,26)27)14-6-5-7-15(13(14)2)21(24)25/h5-7H,4,8-12H2,1-3H3. The van der Waals surface area contributed by atoms with Crippen LogP contribution in [-0.4, -0.2) is 80.7 Å². The second-order valence-corrected chi connectivity index (χ2v) is 8.42. The molecule has 12 heteroatoms. The second-order valence-electron chi connectivity index (χ2n) is 6.51. The van der Waals surface area contributed by atoms with E-state index in [0.29, 0.717) is 0 Å². The molecule has 1 aliphatic heterocycles. The molecule has 0 spiro atoms. The number of hydrogen-bond donors (Lipinski definition) is 0. The first-order valence-corrected chi connectivity index (χ1v) is 10.8. The molecule has 160 valence electrons. The van der Waals surface area contributed by atoms with Gasteiger partial charge in [0.1, 0.15) is 6.54 Å². The van der Waals surface area contributed by atoms with E-state index in [9.17, 15) is 28.1 Å². The number of sulfonamides is 1. The van der Waals surface area contributed by atoms with Crippen LogP contribution < -0.4 is 4.31 Å². The van der Waals surface area contributed by atoms with Crippen molar-refractivity contribution in [1.29, 1.82) is 0 Å². The number of carbonyl (C=O) groups excluding carboxylic acids is 2. The van der Waals surface area contributed by atoms with Crippen LogP contribution >= 0.6 is 0 Å². The maximum atomic E-state index is 12.7. The summed E-state index contributed by atoms with van der Waals surface area (Å²) in [4.78, 5) is 38.0. The van der Waals surface area contributed by atoms with Crippen molar-refractivity contribution in [2.24, 2.45) is 0 Å². The quantitative estimate of drug-likeness (QED) is 0.487. The average molecular weight is 428 g/mol. The number of ether oxygens (including phenoxy) is 1. The molecule has 2 rings (SSSR count). The molecule has 0 atom stereocenters. The van der Waals surface area contributed by atoms with Crippen LogP contribution in [0.25, 0.3) is 0 Å². The third kappa shape index (κ3) is 5.34. The van der Waals surface area contributed by atoms with Gasteiger partial charge in [-0.15, -0.1) is 0 Å². The van der Waals surface area contributed by atoms with Gasteiger partial charge in [0.15, 0.2) is 0 Å². The predicted octanol–water partition coefficient (Wildman–Crippen LogP) is 0.970. The number of nitro benzene ring substituents is 1. The van der Waals surface area contributed by atoms with Crippen molar-refractivity contribution in [3.63, 3.8) is 0 Å². The predicted molar refractivity (Wildman–Crippen MR) is 105 cm³/mol. The number of nitro groups is 1. The maximum Gasteiger partial charge on any atom is 0.409 e. The van der Waals surface area contributed by atoms with Gasteiger partial charge >= 0.3 is 6.09 Å². The number of benzene rings is 1. The lowest BCUT2D eigenvalue weighted by atomic mass is 10.1. The van der Waals surface area contributed by atoms with Crippen LogP contribution in [0.3, 0.4) is 0 Å². The van der Waals surface area contributed by atoms with Crippen molar-refractivity contribution in [2.45, 2.75) is 13.8 Å². The van der Waals surface area contributed by atoms with Crippen LogP contribution in [-0.2, 0) is 19.6 Å². The van der Waals surface area contributed by atoms with Gasteiger partial charge in [0.05, 0.1) is 29.0 Å². The summed E-state index contributed by atoms with van der Waals surface area (Å²) in [7, 11) is -3.87. The van der Waals surface area contributed by atoms with Gasteiger partial charge < -0.3 is 14.5 Å². The lowest BCUT2D eigenvalue weighted by molar-refractivity contribution is -0.385. The Morgan fingerprint density at radius 1 is 1.21 bits per heavy atom. The Balaban J connectivity index is 2.17. The molecule has 1 saturated heterocycles. The van der Waals surface area contributed by atoms with Crippen LogP contribution in [0.15, 0.2) is 18.2 Å². The lowest BCUT2D eigenvalue weighted by Gasteiger charge is -2.35. The van der Waals surface area contributed by atoms with Crippen molar-refractivity contribution in [3.8, 4) is 0 Å². The van der Waals surface area contributed by atoms with Gasteiger partial charge in [-0.1, -0.05) is 6.07 Å². The summed E-state index contributed by atoms with van der Waals surface area (Å²) in [5.74, 6) is -0.454. The average Bonchev–Trinajstić information content (AvgIpc) is 2.65. The number of hydrogen-bond acceptors (Lipinski definition) is 7. The van der Waals surface area contributed by atoms with Gasteiger partial charge in [0.2, 0.25) is 15.9 Å². The molecule has 0 unspecified atom stereocenters. The fraction of sp³-hybridized carbons (Fsp3) is 0.529. The molecule has 0 saturated carbocycles. The van der Waals surface area contributed by atoms with Crippen molar-refractivity contribution < 1.29 is 27.7 Å². The smallest absolute Gasteiger partial charge is 0.409 e. The monoisotopic (exact) mass is 428 g/mol. The van der Waals surface area contributed by atoms with Crippen molar-refractivity contribution in [3.05, 3.63) is 33.9 Å². The van der Waals surface area contributed by atoms with Crippen molar-refractivity contribution >= 4 is 33.4 Å². The van der Waals surface area contributed by atoms with Gasteiger partial charge in [-0.05, 0) is 19.9 Å². The van der Waals surface area contributed by atoms with Gasteiger partial charge in [-0.3, -0.25) is 19.2 Å². The zero-order chi connectivity index (χ0) is 21.8. The zero-order valence-electron chi connectivity index (χ0n) is 16.5. The number of amides is 2. The first-order valence-electron chi connectivity index (χ1n) is 8.97. The van der Waals surface area contributed by atoms with E-state index in [1.807, 2.05) is 0 Å². The summed E-state index contributed by atoms with van der Waals surface area (Å²) in [6, 6.07) is 4.08. The molecule has 1 heterocycles. The number of rotatable bonds is 6. The topological polar surface area (TPSA) is 130 Å². The summed E-state index contributed by atoms with van der Waals surface area (Å²) in [6.07, 6.45) is 0.488. The molecule has 29 heavy (non-hydrogen) atoms. The minimum absolute atomic E-state index is 0.0835. The van der Waals surface area contributed by atoms with Gasteiger partial charge in [0, 0.05) is 32.2 Å². The van der Waals surface area contributed by atoms with Crippen molar-refractivity contribution in [1.82, 2.24) is 9.80 Å². The van der Waals surface area contributed by atoms with Gasteiger partial charge in [0.25, 0.3) is 5.69 Å². The van der Waals surface area contributed by atoms with Crippen LogP contribution in [0.2, 0.25) is 0 Å². The highest BCUT2D eigenvalue weighted by Gasteiger charge is 2.30. The molecule has 0 aromatic heterocycles. The Hall–Kier alpha value is -2.89. The molecule has 0 N–H and O–H groups in total. The van der Waals surface area contributed by atoms with E-state index in [1.165, 1.54) is 34.9 Å². The Bertz CT molecular complexity index is 895. The SMILES string of the molecule is CCOC(=O)N1CCN(C(=O)CN(c2cccc([N+](=O)[O-])c2C)S(C)(=O)=O)CC1. The number of carbonyl (C=O) groups is 2. The zero-order valence-corrected chi connectivity index (χ0v) is 17.3. The second kappa shape index (κ2) is 9.07. The number of piperazine rings is 1. The van der Waals surface area contributed by atoms with E-state index in [2.05, 4.69) is 0 Å². The van der Waals surface area contributed by atoms with E-state index in [1.54, 1.807) is 6.92 Å². The molecule has 0 radical (unpaired) electrons. The molecule has 1 aromatic carbocycles. The Morgan fingerprint density at radius 3 is 2.31 bits per heavy atom. The molecular formula is C17H24N4O7S. The van der Waals surface area contributed by atoms with Crippen LogP contribution in [0.4, 0.5) is 16.2 Å². The summed E-state index contributed by atoms with van der Waals surface area (Å²) >= 11 is 0. The largest absolute Gasteiger partial charge is 0.450 e. The van der Waals surface area contributed by atoms with Crippen LogP contribution in [0.1, 0.15) is 12.5 Å². The Morgan fingerprint density at radius 2 is 1.79 bits per heavy atom. The summed E-state index contributed by atoms with van der Waals surface area (Å²) in [5.41, 5.74) is 0.00900. The highest BCUT2D eigenvalue weighted by atomic mass is 32.2.